The van der Waals surface area contributed by atoms with Crippen molar-refractivity contribution < 1.29 is 14.3 Å². The number of amides is 1. The SMILES string of the molecule is CCC1(CC)C[C@H](NC(=O)c2cccc(OCc3ccccc3)c2)c2ccccc2O1. The summed E-state index contributed by atoms with van der Waals surface area (Å²) in [5.74, 6) is 1.44. The van der Waals surface area contributed by atoms with Crippen LogP contribution in [0.25, 0.3) is 0 Å². The number of para-hydroxylation sites is 1. The molecule has 31 heavy (non-hydrogen) atoms. The van der Waals surface area contributed by atoms with E-state index in [1.165, 1.54) is 0 Å². The Hall–Kier alpha value is -3.27. The monoisotopic (exact) mass is 415 g/mol. The van der Waals surface area contributed by atoms with E-state index in [0.29, 0.717) is 17.9 Å². The third kappa shape index (κ3) is 4.74. The second-order valence-corrected chi connectivity index (χ2v) is 8.06. The van der Waals surface area contributed by atoms with Crippen LogP contribution in [0, 0.1) is 0 Å². The smallest absolute Gasteiger partial charge is 0.251 e. The van der Waals surface area contributed by atoms with Gasteiger partial charge in [-0.1, -0.05) is 68.4 Å². The molecule has 1 aliphatic rings. The minimum absolute atomic E-state index is 0.0914. The van der Waals surface area contributed by atoms with E-state index >= 15 is 0 Å². The van der Waals surface area contributed by atoms with Crippen molar-refractivity contribution in [2.24, 2.45) is 0 Å². The van der Waals surface area contributed by atoms with E-state index < -0.39 is 0 Å². The van der Waals surface area contributed by atoms with Gasteiger partial charge in [0.15, 0.2) is 0 Å². The van der Waals surface area contributed by atoms with Gasteiger partial charge in [0.1, 0.15) is 23.7 Å². The Labute approximate surface area is 184 Å². The van der Waals surface area contributed by atoms with Gasteiger partial charge < -0.3 is 14.8 Å². The van der Waals surface area contributed by atoms with Crippen LogP contribution in [0.2, 0.25) is 0 Å². The first kappa shape index (κ1) is 21.0. The molecule has 4 nitrogen and oxygen atoms in total. The van der Waals surface area contributed by atoms with Gasteiger partial charge in [0.25, 0.3) is 5.91 Å². The molecule has 0 unspecified atom stereocenters. The fourth-order valence-electron chi connectivity index (χ4n) is 4.14. The summed E-state index contributed by atoms with van der Waals surface area (Å²) in [4.78, 5) is 13.1. The van der Waals surface area contributed by atoms with E-state index in [-0.39, 0.29) is 17.6 Å². The lowest BCUT2D eigenvalue weighted by Gasteiger charge is -2.41. The molecule has 0 bridgehead atoms. The van der Waals surface area contributed by atoms with E-state index in [0.717, 1.165) is 36.1 Å². The summed E-state index contributed by atoms with van der Waals surface area (Å²) in [6.07, 6.45) is 2.55. The molecular weight excluding hydrogens is 386 g/mol. The summed E-state index contributed by atoms with van der Waals surface area (Å²) < 4.78 is 12.3. The third-order valence-corrected chi connectivity index (χ3v) is 6.14. The molecule has 4 heteroatoms. The van der Waals surface area contributed by atoms with E-state index in [4.69, 9.17) is 9.47 Å². The topological polar surface area (TPSA) is 47.6 Å². The Morgan fingerprint density at radius 1 is 1.00 bits per heavy atom. The number of ether oxygens (including phenoxy) is 2. The van der Waals surface area contributed by atoms with Crippen LogP contribution in [0.3, 0.4) is 0 Å². The molecule has 1 atom stereocenters. The van der Waals surface area contributed by atoms with Crippen molar-refractivity contribution >= 4 is 5.91 Å². The predicted octanol–water partition coefficient (Wildman–Crippen LogP) is 6.08. The molecule has 3 aromatic rings. The van der Waals surface area contributed by atoms with Crippen LogP contribution in [0.5, 0.6) is 11.5 Å². The van der Waals surface area contributed by atoms with Gasteiger partial charge in [-0.25, -0.2) is 0 Å². The molecular formula is C27H29NO3. The number of fused-ring (bicyclic) bond motifs is 1. The van der Waals surface area contributed by atoms with Crippen molar-refractivity contribution in [2.45, 2.75) is 51.4 Å². The molecule has 1 heterocycles. The standard InChI is InChI=1S/C27H29NO3/c1-3-27(4-2)18-24(23-15-8-9-16-25(23)31-27)28-26(29)21-13-10-14-22(17-21)30-19-20-11-6-5-7-12-20/h5-17,24H,3-4,18-19H2,1-2H3,(H,28,29)/t24-/m0/s1. The molecule has 0 aromatic heterocycles. The number of nitrogens with one attached hydrogen (secondary N) is 1. The summed E-state index contributed by atoms with van der Waals surface area (Å²) in [7, 11) is 0. The molecule has 0 spiro atoms. The van der Waals surface area contributed by atoms with Crippen molar-refractivity contribution in [3.63, 3.8) is 0 Å². The highest BCUT2D eigenvalue weighted by molar-refractivity contribution is 5.94. The van der Waals surface area contributed by atoms with Crippen LogP contribution < -0.4 is 14.8 Å². The summed E-state index contributed by atoms with van der Waals surface area (Å²) in [5, 5.41) is 3.24. The Morgan fingerprint density at radius 3 is 2.52 bits per heavy atom. The minimum Gasteiger partial charge on any atom is -0.489 e. The zero-order valence-corrected chi connectivity index (χ0v) is 18.1. The fourth-order valence-corrected chi connectivity index (χ4v) is 4.14. The van der Waals surface area contributed by atoms with E-state index in [1.807, 2.05) is 72.8 Å². The molecule has 160 valence electrons. The van der Waals surface area contributed by atoms with Gasteiger partial charge in [-0.05, 0) is 42.7 Å². The number of carbonyl (C=O) groups is 1. The van der Waals surface area contributed by atoms with Crippen molar-refractivity contribution in [3.8, 4) is 11.5 Å². The van der Waals surface area contributed by atoms with E-state index in [1.54, 1.807) is 6.07 Å². The quantitative estimate of drug-likeness (QED) is 0.509. The van der Waals surface area contributed by atoms with Crippen LogP contribution in [0.15, 0.2) is 78.9 Å². The van der Waals surface area contributed by atoms with Crippen LogP contribution in [0.4, 0.5) is 0 Å². The number of rotatable bonds is 7. The maximum atomic E-state index is 13.1. The lowest BCUT2D eigenvalue weighted by atomic mass is 9.83. The Kier molecular flexibility index (Phi) is 6.26. The van der Waals surface area contributed by atoms with E-state index in [9.17, 15) is 4.79 Å². The van der Waals surface area contributed by atoms with Crippen LogP contribution in [-0.2, 0) is 6.61 Å². The van der Waals surface area contributed by atoms with Crippen LogP contribution in [0.1, 0.15) is 60.6 Å². The lowest BCUT2D eigenvalue weighted by Crippen LogP contribution is -2.44. The normalized spacial score (nSPS) is 16.6. The highest BCUT2D eigenvalue weighted by Crippen LogP contribution is 2.42. The average Bonchev–Trinajstić information content (AvgIpc) is 2.83. The largest absolute Gasteiger partial charge is 0.489 e. The highest BCUT2D eigenvalue weighted by Gasteiger charge is 2.39. The van der Waals surface area contributed by atoms with Crippen molar-refractivity contribution in [1.82, 2.24) is 5.32 Å². The van der Waals surface area contributed by atoms with Gasteiger partial charge in [0.2, 0.25) is 0 Å². The van der Waals surface area contributed by atoms with E-state index in [2.05, 4.69) is 19.2 Å². The molecule has 3 aromatic carbocycles. The zero-order chi connectivity index (χ0) is 21.7. The van der Waals surface area contributed by atoms with Gasteiger partial charge >= 0.3 is 0 Å². The molecule has 1 N–H and O–H groups in total. The molecule has 1 amide bonds. The van der Waals surface area contributed by atoms with Crippen molar-refractivity contribution in [3.05, 3.63) is 95.6 Å². The Balaban J connectivity index is 1.50. The highest BCUT2D eigenvalue weighted by atomic mass is 16.5. The summed E-state index contributed by atoms with van der Waals surface area (Å²) in [6, 6.07) is 25.3. The first-order valence-corrected chi connectivity index (χ1v) is 11.0. The summed E-state index contributed by atoms with van der Waals surface area (Å²) in [6.45, 7) is 4.75. The predicted molar refractivity (Wildman–Crippen MR) is 122 cm³/mol. The Morgan fingerprint density at radius 2 is 1.74 bits per heavy atom. The number of carbonyl (C=O) groups excluding carboxylic acids is 1. The second-order valence-electron chi connectivity index (χ2n) is 8.06. The van der Waals surface area contributed by atoms with Gasteiger partial charge in [-0.2, -0.15) is 0 Å². The molecule has 4 rings (SSSR count). The lowest BCUT2D eigenvalue weighted by molar-refractivity contribution is 0.0227. The van der Waals surface area contributed by atoms with Crippen LogP contribution in [-0.4, -0.2) is 11.5 Å². The average molecular weight is 416 g/mol. The van der Waals surface area contributed by atoms with Crippen molar-refractivity contribution in [2.75, 3.05) is 0 Å². The number of hydrogen-bond donors (Lipinski definition) is 1. The van der Waals surface area contributed by atoms with Gasteiger partial charge in [-0.3, -0.25) is 4.79 Å². The maximum Gasteiger partial charge on any atom is 0.251 e. The number of benzene rings is 3. The zero-order valence-electron chi connectivity index (χ0n) is 18.1. The van der Waals surface area contributed by atoms with Gasteiger partial charge in [-0.15, -0.1) is 0 Å². The summed E-state index contributed by atoms with van der Waals surface area (Å²) >= 11 is 0. The molecule has 1 aliphatic heterocycles. The molecule has 0 saturated carbocycles. The van der Waals surface area contributed by atoms with Crippen LogP contribution >= 0.6 is 0 Å². The molecule has 0 radical (unpaired) electrons. The molecule has 0 saturated heterocycles. The van der Waals surface area contributed by atoms with Gasteiger partial charge in [0, 0.05) is 17.5 Å². The number of hydrogen-bond acceptors (Lipinski definition) is 3. The second kappa shape index (κ2) is 9.25. The molecule has 0 fully saturated rings. The molecule has 0 aliphatic carbocycles. The summed E-state index contributed by atoms with van der Waals surface area (Å²) in [5.41, 5.74) is 2.46. The minimum atomic E-state index is -0.257. The van der Waals surface area contributed by atoms with Gasteiger partial charge in [0.05, 0.1) is 6.04 Å². The fraction of sp³-hybridized carbons (Fsp3) is 0.296. The van der Waals surface area contributed by atoms with Crippen molar-refractivity contribution in [1.29, 1.82) is 0 Å². The Bertz CT molecular complexity index is 1030. The first-order chi connectivity index (χ1) is 15.1. The third-order valence-electron chi connectivity index (χ3n) is 6.14. The maximum absolute atomic E-state index is 13.1. The first-order valence-electron chi connectivity index (χ1n) is 11.0.